The van der Waals surface area contributed by atoms with E-state index < -0.39 is 10.2 Å². The molecule has 1 amide bonds. The summed E-state index contributed by atoms with van der Waals surface area (Å²) in [7, 11) is -0.411. The average molecular weight is 400 g/mol. The van der Waals surface area contributed by atoms with Gasteiger partial charge in [0.25, 0.3) is 10.2 Å². The Hall–Kier alpha value is -1.09. The van der Waals surface area contributed by atoms with Gasteiger partial charge in [0.2, 0.25) is 5.91 Å². The third kappa shape index (κ3) is 5.97. The maximum Gasteiger partial charge on any atom is 0.281 e. The minimum atomic E-state index is -3.45. The Bertz CT molecular complexity index is 707. The Labute approximate surface area is 161 Å². The van der Waals surface area contributed by atoms with Crippen LogP contribution in [0.25, 0.3) is 0 Å². The van der Waals surface area contributed by atoms with Gasteiger partial charge in [0, 0.05) is 45.2 Å². The van der Waals surface area contributed by atoms with Crippen molar-refractivity contribution in [3.8, 4) is 0 Å². The quantitative estimate of drug-likeness (QED) is 0.678. The highest BCUT2D eigenvalue weighted by atomic mass is 32.2. The van der Waals surface area contributed by atoms with Gasteiger partial charge in [-0.25, -0.2) is 0 Å². The molecular formula is C18H29N3O3S2. The summed E-state index contributed by atoms with van der Waals surface area (Å²) in [5.74, 6) is 1.46. The van der Waals surface area contributed by atoms with Crippen LogP contribution in [0.15, 0.2) is 24.3 Å². The van der Waals surface area contributed by atoms with E-state index in [1.54, 1.807) is 11.8 Å². The molecule has 1 N–H and O–H groups in total. The summed E-state index contributed by atoms with van der Waals surface area (Å²) in [5, 5.41) is 2.96. The van der Waals surface area contributed by atoms with Crippen molar-refractivity contribution in [2.75, 3.05) is 39.5 Å². The summed E-state index contributed by atoms with van der Waals surface area (Å²) in [6.07, 6.45) is 1.45. The van der Waals surface area contributed by atoms with Crippen LogP contribution in [-0.2, 0) is 20.8 Å². The summed E-state index contributed by atoms with van der Waals surface area (Å²) < 4.78 is 27.1. The monoisotopic (exact) mass is 399 g/mol. The third-order valence-corrected chi connectivity index (χ3v) is 7.38. The van der Waals surface area contributed by atoms with E-state index in [4.69, 9.17) is 0 Å². The van der Waals surface area contributed by atoms with Crippen molar-refractivity contribution in [3.05, 3.63) is 35.4 Å². The molecule has 8 heteroatoms. The molecular weight excluding hydrogens is 370 g/mol. The van der Waals surface area contributed by atoms with Crippen molar-refractivity contribution in [2.24, 2.45) is 5.92 Å². The Morgan fingerprint density at radius 1 is 1.38 bits per heavy atom. The first-order valence-electron chi connectivity index (χ1n) is 8.89. The Kier molecular flexibility index (Phi) is 7.94. The number of hydrogen-bond donors (Lipinski definition) is 1. The molecule has 0 spiro atoms. The van der Waals surface area contributed by atoms with E-state index in [2.05, 4.69) is 36.5 Å². The van der Waals surface area contributed by atoms with Crippen molar-refractivity contribution < 1.29 is 13.2 Å². The highest BCUT2D eigenvalue weighted by molar-refractivity contribution is 7.98. The molecule has 0 aromatic heterocycles. The Morgan fingerprint density at radius 3 is 2.85 bits per heavy atom. The van der Waals surface area contributed by atoms with Crippen LogP contribution in [0.3, 0.4) is 0 Å². The molecule has 6 nitrogen and oxygen atoms in total. The normalized spacial score (nSPS) is 18.8. The maximum absolute atomic E-state index is 12.4. The first-order chi connectivity index (χ1) is 12.3. The average Bonchev–Trinajstić information content (AvgIpc) is 2.61. The van der Waals surface area contributed by atoms with Gasteiger partial charge < -0.3 is 5.32 Å². The van der Waals surface area contributed by atoms with Gasteiger partial charge in [-0.2, -0.15) is 28.8 Å². The minimum absolute atomic E-state index is 0.0418. The van der Waals surface area contributed by atoms with Crippen LogP contribution in [0.4, 0.5) is 0 Å². The van der Waals surface area contributed by atoms with Gasteiger partial charge in [-0.3, -0.25) is 4.79 Å². The van der Waals surface area contributed by atoms with Crippen LogP contribution in [0.1, 0.15) is 24.0 Å². The zero-order chi connectivity index (χ0) is 19.2. The number of piperidine rings is 1. The Balaban J connectivity index is 1.72. The van der Waals surface area contributed by atoms with E-state index in [0.717, 1.165) is 17.9 Å². The van der Waals surface area contributed by atoms with Crippen LogP contribution in [0, 0.1) is 12.8 Å². The van der Waals surface area contributed by atoms with Gasteiger partial charge >= 0.3 is 0 Å². The van der Waals surface area contributed by atoms with Gasteiger partial charge in [0.15, 0.2) is 0 Å². The lowest BCUT2D eigenvalue weighted by Gasteiger charge is -2.32. The molecule has 1 saturated heterocycles. The molecule has 0 bridgehead atoms. The van der Waals surface area contributed by atoms with Gasteiger partial charge in [0.1, 0.15) is 0 Å². The van der Waals surface area contributed by atoms with Gasteiger partial charge in [-0.15, -0.1) is 0 Å². The van der Waals surface area contributed by atoms with Gasteiger partial charge in [-0.05, 0) is 25.3 Å². The summed E-state index contributed by atoms with van der Waals surface area (Å²) >= 11 is 1.78. The number of rotatable bonds is 8. The first-order valence-corrected chi connectivity index (χ1v) is 11.4. The second-order valence-electron chi connectivity index (χ2n) is 6.82. The molecule has 146 valence electrons. The number of aryl methyl sites for hydroxylation is 1. The summed E-state index contributed by atoms with van der Waals surface area (Å²) in [6.45, 7) is 3.43. The zero-order valence-electron chi connectivity index (χ0n) is 15.8. The van der Waals surface area contributed by atoms with Crippen LogP contribution < -0.4 is 5.32 Å². The molecule has 2 rings (SSSR count). The minimum Gasteiger partial charge on any atom is -0.355 e. The van der Waals surface area contributed by atoms with Crippen LogP contribution in [-0.4, -0.2) is 62.4 Å². The van der Waals surface area contributed by atoms with Crippen molar-refractivity contribution in [1.82, 2.24) is 13.9 Å². The van der Waals surface area contributed by atoms with Crippen molar-refractivity contribution in [3.63, 3.8) is 0 Å². The fourth-order valence-corrected chi connectivity index (χ4v) is 4.98. The van der Waals surface area contributed by atoms with Crippen LogP contribution >= 0.6 is 11.8 Å². The third-order valence-electron chi connectivity index (χ3n) is 4.44. The van der Waals surface area contributed by atoms with E-state index in [9.17, 15) is 13.2 Å². The fraction of sp³-hybridized carbons (Fsp3) is 0.611. The largest absolute Gasteiger partial charge is 0.355 e. The highest BCUT2D eigenvalue weighted by Gasteiger charge is 2.33. The molecule has 0 unspecified atom stereocenters. The van der Waals surface area contributed by atoms with Crippen LogP contribution in [0.5, 0.6) is 0 Å². The molecule has 0 aliphatic carbocycles. The molecule has 1 fully saturated rings. The number of nitrogens with zero attached hydrogens (tertiary/aromatic N) is 2. The number of thioether (sulfide) groups is 1. The van der Waals surface area contributed by atoms with Crippen molar-refractivity contribution in [2.45, 2.75) is 25.5 Å². The summed E-state index contributed by atoms with van der Waals surface area (Å²) in [4.78, 5) is 12.4. The van der Waals surface area contributed by atoms with E-state index in [1.807, 2.05) is 0 Å². The molecule has 1 atom stereocenters. The molecule has 26 heavy (non-hydrogen) atoms. The molecule has 1 aromatic rings. The SMILES string of the molecule is Cc1cccc(CSCCNC(=O)[C@@H]2CCCN(S(=O)(=O)N(C)C)C2)c1. The number of amides is 1. The van der Waals surface area contributed by atoms with Crippen molar-refractivity contribution >= 4 is 27.9 Å². The van der Waals surface area contributed by atoms with Gasteiger partial charge in [-0.1, -0.05) is 29.8 Å². The van der Waals surface area contributed by atoms with Crippen molar-refractivity contribution in [1.29, 1.82) is 0 Å². The number of nitrogens with one attached hydrogen (secondary N) is 1. The lowest BCUT2D eigenvalue weighted by atomic mass is 9.99. The van der Waals surface area contributed by atoms with E-state index in [0.29, 0.717) is 19.5 Å². The van der Waals surface area contributed by atoms with E-state index in [-0.39, 0.29) is 18.4 Å². The fourth-order valence-electron chi connectivity index (χ4n) is 2.98. The highest BCUT2D eigenvalue weighted by Crippen LogP contribution is 2.20. The number of benzene rings is 1. The molecule has 0 saturated carbocycles. The lowest BCUT2D eigenvalue weighted by molar-refractivity contribution is -0.125. The van der Waals surface area contributed by atoms with E-state index >= 15 is 0 Å². The topological polar surface area (TPSA) is 69.7 Å². The van der Waals surface area contributed by atoms with Gasteiger partial charge in [0.05, 0.1) is 5.92 Å². The van der Waals surface area contributed by atoms with E-state index in [1.165, 1.54) is 33.8 Å². The molecule has 1 heterocycles. The number of hydrogen-bond acceptors (Lipinski definition) is 4. The second kappa shape index (κ2) is 9.73. The number of carbonyl (C=O) groups is 1. The molecule has 0 radical (unpaired) electrons. The standard InChI is InChI=1S/C18H29N3O3S2/c1-15-6-4-7-16(12-15)14-25-11-9-19-18(22)17-8-5-10-21(13-17)26(23,24)20(2)3/h4,6-7,12,17H,5,8-11,13-14H2,1-3H3,(H,19,22)/t17-/m1/s1. The second-order valence-corrected chi connectivity index (χ2v) is 10.1. The lowest BCUT2D eigenvalue weighted by Crippen LogP contribution is -2.49. The predicted octanol–water partition coefficient (Wildman–Crippen LogP) is 1.86. The predicted molar refractivity (Wildman–Crippen MR) is 107 cm³/mol. The number of carbonyl (C=O) groups excluding carboxylic acids is 1. The Morgan fingerprint density at radius 2 is 2.15 bits per heavy atom. The maximum atomic E-state index is 12.4. The summed E-state index contributed by atoms with van der Waals surface area (Å²) in [5.41, 5.74) is 2.55. The van der Waals surface area contributed by atoms with Crippen LogP contribution in [0.2, 0.25) is 0 Å². The molecule has 1 aliphatic rings. The molecule has 1 aliphatic heterocycles. The first kappa shape index (κ1) is 21.2. The molecule has 1 aromatic carbocycles. The summed E-state index contributed by atoms with van der Waals surface area (Å²) in [6, 6.07) is 8.43. The zero-order valence-corrected chi connectivity index (χ0v) is 17.4. The smallest absolute Gasteiger partial charge is 0.281 e.